The third kappa shape index (κ3) is 2.76. The second-order valence-electron chi connectivity index (χ2n) is 5.70. The highest BCUT2D eigenvalue weighted by atomic mass is 16.3. The van der Waals surface area contributed by atoms with Crippen LogP contribution in [0.4, 0.5) is 0 Å². The van der Waals surface area contributed by atoms with Gasteiger partial charge in [-0.2, -0.15) is 0 Å². The van der Waals surface area contributed by atoms with E-state index >= 15 is 0 Å². The normalized spacial score (nSPS) is 41.4. The average molecular weight is 226 g/mol. The molecule has 1 aliphatic heterocycles. The predicted octanol–water partition coefficient (Wildman–Crippen LogP) is 1.22. The lowest BCUT2D eigenvalue weighted by atomic mass is 9.96. The summed E-state index contributed by atoms with van der Waals surface area (Å²) in [4.78, 5) is 2.44. The van der Waals surface area contributed by atoms with Crippen LogP contribution in [0.2, 0.25) is 0 Å². The highest BCUT2D eigenvalue weighted by molar-refractivity contribution is 4.89. The quantitative estimate of drug-likeness (QED) is 0.759. The summed E-state index contributed by atoms with van der Waals surface area (Å²) in [7, 11) is 2.22. The molecule has 0 radical (unpaired) electrons. The fourth-order valence-corrected chi connectivity index (χ4v) is 3.22. The highest BCUT2D eigenvalue weighted by Gasteiger charge is 2.30. The Bertz CT molecular complexity index is 222. The van der Waals surface area contributed by atoms with Crippen LogP contribution in [0.25, 0.3) is 0 Å². The summed E-state index contributed by atoms with van der Waals surface area (Å²) in [5.41, 5.74) is 0. The van der Waals surface area contributed by atoms with Crippen LogP contribution in [0.15, 0.2) is 0 Å². The van der Waals surface area contributed by atoms with E-state index in [0.29, 0.717) is 30.7 Å². The van der Waals surface area contributed by atoms with E-state index in [4.69, 9.17) is 0 Å². The number of rotatable bonds is 3. The number of piperidine rings is 1. The summed E-state index contributed by atoms with van der Waals surface area (Å²) in [6.07, 6.45) is 6.26. The first kappa shape index (κ1) is 12.3. The summed E-state index contributed by atoms with van der Waals surface area (Å²) in [5, 5.41) is 13.1. The van der Waals surface area contributed by atoms with Crippen molar-refractivity contribution in [1.29, 1.82) is 0 Å². The molecule has 2 fully saturated rings. The van der Waals surface area contributed by atoms with Crippen LogP contribution >= 0.6 is 0 Å². The standard InChI is InChI=1S/C13H26N2O/c1-10-8-12(6-7-15(10)2)14-13-5-3-4-11(13)9-16/h10-14,16H,3-9H2,1-2H3. The molecule has 4 unspecified atom stereocenters. The van der Waals surface area contributed by atoms with Gasteiger partial charge in [-0.15, -0.1) is 0 Å². The molecule has 0 aromatic heterocycles. The molecule has 0 spiro atoms. The van der Waals surface area contributed by atoms with Gasteiger partial charge in [0.25, 0.3) is 0 Å². The Kier molecular flexibility index (Phi) is 4.22. The summed E-state index contributed by atoms with van der Waals surface area (Å²) >= 11 is 0. The van der Waals surface area contributed by atoms with E-state index < -0.39 is 0 Å². The topological polar surface area (TPSA) is 35.5 Å². The SMILES string of the molecule is CC1CC(NC2CCCC2CO)CCN1C. The minimum absolute atomic E-state index is 0.361. The number of hydrogen-bond donors (Lipinski definition) is 2. The van der Waals surface area contributed by atoms with E-state index in [1.165, 1.54) is 38.6 Å². The smallest absolute Gasteiger partial charge is 0.0474 e. The Morgan fingerprint density at radius 3 is 2.81 bits per heavy atom. The molecule has 0 aromatic carbocycles. The zero-order valence-corrected chi connectivity index (χ0v) is 10.7. The van der Waals surface area contributed by atoms with Crippen molar-refractivity contribution < 1.29 is 5.11 Å². The molecule has 1 aliphatic carbocycles. The Morgan fingerprint density at radius 1 is 1.31 bits per heavy atom. The molecule has 2 rings (SSSR count). The van der Waals surface area contributed by atoms with Gasteiger partial charge < -0.3 is 15.3 Å². The van der Waals surface area contributed by atoms with E-state index in [9.17, 15) is 5.11 Å². The zero-order valence-electron chi connectivity index (χ0n) is 10.7. The van der Waals surface area contributed by atoms with E-state index in [1.54, 1.807) is 0 Å². The number of aliphatic hydroxyl groups is 1. The van der Waals surface area contributed by atoms with Gasteiger partial charge in [0, 0.05) is 24.7 Å². The first-order valence-corrected chi connectivity index (χ1v) is 6.78. The Morgan fingerprint density at radius 2 is 2.12 bits per heavy atom. The minimum Gasteiger partial charge on any atom is -0.396 e. The van der Waals surface area contributed by atoms with Gasteiger partial charge >= 0.3 is 0 Å². The van der Waals surface area contributed by atoms with Crippen molar-refractivity contribution in [2.75, 3.05) is 20.2 Å². The predicted molar refractivity (Wildman–Crippen MR) is 66.5 cm³/mol. The fourth-order valence-electron chi connectivity index (χ4n) is 3.22. The van der Waals surface area contributed by atoms with Crippen molar-refractivity contribution in [3.63, 3.8) is 0 Å². The van der Waals surface area contributed by atoms with Crippen LogP contribution in [-0.2, 0) is 0 Å². The summed E-state index contributed by atoms with van der Waals surface area (Å²) in [6, 6.07) is 1.94. The van der Waals surface area contributed by atoms with Crippen molar-refractivity contribution in [2.45, 2.75) is 57.2 Å². The monoisotopic (exact) mass is 226 g/mol. The number of hydrogen-bond acceptors (Lipinski definition) is 3. The molecule has 94 valence electrons. The molecule has 3 heteroatoms. The molecular weight excluding hydrogens is 200 g/mol. The van der Waals surface area contributed by atoms with Crippen LogP contribution < -0.4 is 5.32 Å². The van der Waals surface area contributed by atoms with Crippen molar-refractivity contribution in [3.05, 3.63) is 0 Å². The van der Waals surface area contributed by atoms with Gasteiger partial charge in [-0.1, -0.05) is 6.42 Å². The van der Waals surface area contributed by atoms with Gasteiger partial charge in [-0.25, -0.2) is 0 Å². The average Bonchev–Trinajstić information content (AvgIpc) is 2.71. The summed E-state index contributed by atoms with van der Waals surface area (Å²) in [6.45, 7) is 3.88. The lowest BCUT2D eigenvalue weighted by Gasteiger charge is -2.37. The first-order chi connectivity index (χ1) is 7.70. The van der Waals surface area contributed by atoms with Gasteiger partial charge in [-0.3, -0.25) is 0 Å². The molecule has 1 heterocycles. The van der Waals surface area contributed by atoms with Crippen molar-refractivity contribution in [2.24, 2.45) is 5.92 Å². The molecule has 1 saturated carbocycles. The molecule has 0 aromatic rings. The Labute approximate surface area is 99.2 Å². The minimum atomic E-state index is 0.361. The number of nitrogens with zero attached hydrogens (tertiary/aromatic N) is 1. The molecule has 0 bridgehead atoms. The Balaban J connectivity index is 1.81. The van der Waals surface area contributed by atoms with Crippen LogP contribution in [-0.4, -0.2) is 48.3 Å². The van der Waals surface area contributed by atoms with Crippen molar-refractivity contribution >= 4 is 0 Å². The van der Waals surface area contributed by atoms with Gasteiger partial charge in [-0.05, 0) is 52.1 Å². The van der Waals surface area contributed by atoms with E-state index in [2.05, 4.69) is 24.2 Å². The van der Waals surface area contributed by atoms with Gasteiger partial charge in [0.2, 0.25) is 0 Å². The first-order valence-electron chi connectivity index (χ1n) is 6.78. The van der Waals surface area contributed by atoms with Crippen LogP contribution in [0, 0.1) is 5.92 Å². The van der Waals surface area contributed by atoms with E-state index in [1.807, 2.05) is 0 Å². The largest absolute Gasteiger partial charge is 0.396 e. The Hall–Kier alpha value is -0.120. The zero-order chi connectivity index (χ0) is 11.5. The van der Waals surface area contributed by atoms with Crippen LogP contribution in [0.5, 0.6) is 0 Å². The van der Waals surface area contributed by atoms with Crippen molar-refractivity contribution in [1.82, 2.24) is 10.2 Å². The number of likely N-dealkylation sites (tertiary alicyclic amines) is 1. The van der Waals surface area contributed by atoms with Crippen LogP contribution in [0.3, 0.4) is 0 Å². The lowest BCUT2D eigenvalue weighted by Crippen LogP contribution is -2.49. The third-order valence-corrected chi connectivity index (χ3v) is 4.55. The van der Waals surface area contributed by atoms with E-state index in [0.717, 1.165) is 0 Å². The molecule has 4 atom stereocenters. The van der Waals surface area contributed by atoms with Gasteiger partial charge in [0.05, 0.1) is 0 Å². The number of nitrogens with one attached hydrogen (secondary N) is 1. The van der Waals surface area contributed by atoms with Crippen LogP contribution in [0.1, 0.15) is 39.0 Å². The maximum atomic E-state index is 9.31. The molecule has 3 nitrogen and oxygen atoms in total. The molecule has 16 heavy (non-hydrogen) atoms. The fraction of sp³-hybridized carbons (Fsp3) is 1.00. The second-order valence-corrected chi connectivity index (χ2v) is 5.70. The molecule has 1 saturated heterocycles. The highest BCUT2D eigenvalue weighted by Crippen LogP contribution is 2.27. The summed E-state index contributed by atoms with van der Waals surface area (Å²) in [5.74, 6) is 0.509. The molecule has 0 amide bonds. The lowest BCUT2D eigenvalue weighted by molar-refractivity contribution is 0.146. The van der Waals surface area contributed by atoms with Gasteiger partial charge in [0.1, 0.15) is 0 Å². The maximum absolute atomic E-state index is 9.31. The number of aliphatic hydroxyl groups excluding tert-OH is 1. The molecule has 2 N–H and O–H groups in total. The van der Waals surface area contributed by atoms with Crippen molar-refractivity contribution in [3.8, 4) is 0 Å². The molecule has 2 aliphatic rings. The summed E-state index contributed by atoms with van der Waals surface area (Å²) < 4.78 is 0. The third-order valence-electron chi connectivity index (χ3n) is 4.55. The maximum Gasteiger partial charge on any atom is 0.0474 e. The second kappa shape index (κ2) is 5.48. The van der Waals surface area contributed by atoms with E-state index in [-0.39, 0.29) is 0 Å². The molecular formula is C13H26N2O. The van der Waals surface area contributed by atoms with Gasteiger partial charge in [0.15, 0.2) is 0 Å².